The molecule has 0 radical (unpaired) electrons. The van der Waals surface area contributed by atoms with Gasteiger partial charge in [0.15, 0.2) is 5.75 Å². The molecule has 2 N–H and O–H groups in total. The standard InChI is InChI=1S/C23H17Cl3N2O3/c24-18-7-2-8-19(25)22(18)31-11-3-6-15-4-1-5-16(12-15)14-27-28-23(30)17-9-10-21(29)20(26)13-17/h1-10,12-14,29H,11H2,(H,28,30). The first kappa shape index (κ1) is 22.7. The molecule has 0 aliphatic rings. The van der Waals surface area contributed by atoms with Crippen LogP contribution in [0.5, 0.6) is 11.5 Å². The smallest absolute Gasteiger partial charge is 0.271 e. The number of hydrogen-bond acceptors (Lipinski definition) is 4. The van der Waals surface area contributed by atoms with Crippen molar-refractivity contribution in [2.45, 2.75) is 0 Å². The van der Waals surface area contributed by atoms with Gasteiger partial charge in [-0.05, 0) is 53.6 Å². The Morgan fingerprint density at radius 2 is 1.68 bits per heavy atom. The highest BCUT2D eigenvalue weighted by Gasteiger charge is 2.07. The minimum Gasteiger partial charge on any atom is -0.506 e. The van der Waals surface area contributed by atoms with E-state index in [-0.39, 0.29) is 16.3 Å². The molecule has 31 heavy (non-hydrogen) atoms. The van der Waals surface area contributed by atoms with Gasteiger partial charge in [0.2, 0.25) is 0 Å². The summed E-state index contributed by atoms with van der Waals surface area (Å²) in [5, 5.41) is 14.4. The highest BCUT2D eigenvalue weighted by molar-refractivity contribution is 6.37. The summed E-state index contributed by atoms with van der Waals surface area (Å²) >= 11 is 18.0. The molecule has 0 aliphatic carbocycles. The van der Waals surface area contributed by atoms with E-state index in [9.17, 15) is 9.90 Å². The Labute approximate surface area is 194 Å². The average molecular weight is 476 g/mol. The molecule has 0 fully saturated rings. The molecule has 8 heteroatoms. The summed E-state index contributed by atoms with van der Waals surface area (Å²) < 4.78 is 5.62. The zero-order valence-electron chi connectivity index (χ0n) is 16.1. The number of nitrogens with one attached hydrogen (secondary N) is 1. The Balaban J connectivity index is 1.56. The van der Waals surface area contributed by atoms with Gasteiger partial charge in [0.05, 0.1) is 21.3 Å². The third-order valence-corrected chi connectivity index (χ3v) is 4.95. The van der Waals surface area contributed by atoms with E-state index in [1.54, 1.807) is 18.2 Å². The number of phenolic OH excluding ortho intramolecular Hbond substituents is 1. The molecule has 158 valence electrons. The number of ether oxygens (including phenoxy) is 1. The number of para-hydroxylation sites is 1. The van der Waals surface area contributed by atoms with Crippen molar-refractivity contribution in [2.24, 2.45) is 5.10 Å². The van der Waals surface area contributed by atoms with Gasteiger partial charge in [-0.25, -0.2) is 5.43 Å². The van der Waals surface area contributed by atoms with E-state index in [2.05, 4.69) is 10.5 Å². The fourth-order valence-electron chi connectivity index (χ4n) is 2.56. The summed E-state index contributed by atoms with van der Waals surface area (Å²) in [6, 6.07) is 16.9. The minimum atomic E-state index is -0.440. The van der Waals surface area contributed by atoms with Gasteiger partial charge in [-0.15, -0.1) is 0 Å². The second kappa shape index (κ2) is 10.9. The Kier molecular flexibility index (Phi) is 7.95. The third kappa shape index (κ3) is 6.49. The average Bonchev–Trinajstić information content (AvgIpc) is 2.75. The van der Waals surface area contributed by atoms with Crippen LogP contribution in [0.4, 0.5) is 0 Å². The van der Waals surface area contributed by atoms with Crippen LogP contribution in [-0.2, 0) is 0 Å². The number of hydrazone groups is 1. The van der Waals surface area contributed by atoms with Crippen LogP contribution in [0.15, 0.2) is 71.8 Å². The molecule has 0 spiro atoms. The minimum absolute atomic E-state index is 0.0908. The van der Waals surface area contributed by atoms with Crippen molar-refractivity contribution in [3.8, 4) is 11.5 Å². The summed E-state index contributed by atoms with van der Waals surface area (Å²) in [6.07, 6.45) is 5.25. The molecule has 0 heterocycles. The lowest BCUT2D eigenvalue weighted by atomic mass is 10.1. The summed E-state index contributed by atoms with van der Waals surface area (Å²) in [5.74, 6) is -0.0847. The van der Waals surface area contributed by atoms with Crippen molar-refractivity contribution >= 4 is 53.0 Å². The van der Waals surface area contributed by atoms with Crippen LogP contribution >= 0.6 is 34.8 Å². The third-order valence-electron chi connectivity index (χ3n) is 4.05. The zero-order valence-corrected chi connectivity index (χ0v) is 18.3. The molecular formula is C23H17Cl3N2O3. The van der Waals surface area contributed by atoms with E-state index < -0.39 is 5.91 Å². The number of carbonyl (C=O) groups is 1. The van der Waals surface area contributed by atoms with Crippen molar-refractivity contribution in [3.63, 3.8) is 0 Å². The first-order chi connectivity index (χ1) is 14.9. The van der Waals surface area contributed by atoms with Crippen molar-refractivity contribution in [3.05, 3.63) is 98.5 Å². The van der Waals surface area contributed by atoms with Gasteiger partial charge < -0.3 is 9.84 Å². The van der Waals surface area contributed by atoms with Crippen molar-refractivity contribution < 1.29 is 14.6 Å². The van der Waals surface area contributed by atoms with Crippen molar-refractivity contribution in [2.75, 3.05) is 6.61 Å². The molecule has 3 aromatic carbocycles. The predicted octanol–water partition coefficient (Wildman–Crippen LogP) is 6.21. The SMILES string of the molecule is O=C(NN=Cc1cccc(C=CCOc2c(Cl)cccc2Cl)c1)c1ccc(O)c(Cl)c1. The van der Waals surface area contributed by atoms with E-state index in [4.69, 9.17) is 39.5 Å². The van der Waals surface area contributed by atoms with Gasteiger partial charge >= 0.3 is 0 Å². The quantitative estimate of drug-likeness (QED) is 0.315. The lowest BCUT2D eigenvalue weighted by molar-refractivity contribution is 0.0955. The summed E-state index contributed by atoms with van der Waals surface area (Å²) in [5.41, 5.74) is 4.43. The Morgan fingerprint density at radius 1 is 0.968 bits per heavy atom. The number of amides is 1. The lowest BCUT2D eigenvalue weighted by Crippen LogP contribution is -2.17. The maximum atomic E-state index is 12.1. The molecular weight excluding hydrogens is 459 g/mol. The predicted molar refractivity (Wildman–Crippen MR) is 126 cm³/mol. The maximum Gasteiger partial charge on any atom is 0.271 e. The monoisotopic (exact) mass is 474 g/mol. The number of phenols is 1. The molecule has 0 saturated carbocycles. The largest absolute Gasteiger partial charge is 0.506 e. The van der Waals surface area contributed by atoms with Crippen LogP contribution in [0.2, 0.25) is 15.1 Å². The van der Waals surface area contributed by atoms with Crippen molar-refractivity contribution in [1.82, 2.24) is 5.43 Å². The molecule has 1 amide bonds. The molecule has 3 rings (SSSR count). The van der Waals surface area contributed by atoms with E-state index in [1.165, 1.54) is 24.4 Å². The van der Waals surface area contributed by atoms with Crippen LogP contribution < -0.4 is 10.2 Å². The Morgan fingerprint density at radius 3 is 2.42 bits per heavy atom. The number of hydrogen-bond donors (Lipinski definition) is 2. The zero-order chi connectivity index (χ0) is 22.2. The van der Waals surface area contributed by atoms with Gasteiger partial charge in [-0.3, -0.25) is 4.79 Å². The molecule has 3 aromatic rings. The van der Waals surface area contributed by atoms with Crippen LogP contribution in [0.3, 0.4) is 0 Å². The fourth-order valence-corrected chi connectivity index (χ4v) is 3.24. The van der Waals surface area contributed by atoms with E-state index in [0.717, 1.165) is 11.1 Å². The van der Waals surface area contributed by atoms with Gasteiger partial charge in [0.25, 0.3) is 5.91 Å². The van der Waals surface area contributed by atoms with Crippen LogP contribution in [0.1, 0.15) is 21.5 Å². The highest BCUT2D eigenvalue weighted by Crippen LogP contribution is 2.32. The molecule has 0 bridgehead atoms. The van der Waals surface area contributed by atoms with Gasteiger partial charge in [0, 0.05) is 5.56 Å². The van der Waals surface area contributed by atoms with Gasteiger partial charge in [-0.1, -0.05) is 65.1 Å². The van der Waals surface area contributed by atoms with Crippen LogP contribution in [0.25, 0.3) is 6.08 Å². The van der Waals surface area contributed by atoms with Gasteiger partial charge in [-0.2, -0.15) is 5.10 Å². The number of aromatic hydroxyl groups is 1. The number of benzene rings is 3. The normalized spacial score (nSPS) is 11.2. The molecule has 0 unspecified atom stereocenters. The highest BCUT2D eigenvalue weighted by atomic mass is 35.5. The second-order valence-electron chi connectivity index (χ2n) is 6.30. The first-order valence-electron chi connectivity index (χ1n) is 9.09. The summed E-state index contributed by atoms with van der Waals surface area (Å²) in [6.45, 7) is 0.299. The fraction of sp³-hybridized carbons (Fsp3) is 0.0435. The number of nitrogens with zero attached hydrogens (tertiary/aromatic N) is 1. The van der Waals surface area contributed by atoms with Gasteiger partial charge in [0.1, 0.15) is 12.4 Å². The Bertz CT molecular complexity index is 1130. The number of rotatable bonds is 7. The second-order valence-corrected chi connectivity index (χ2v) is 7.52. The Hall–Kier alpha value is -2.99. The number of halogens is 3. The van der Waals surface area contributed by atoms with Crippen LogP contribution in [0, 0.1) is 0 Å². The summed E-state index contributed by atoms with van der Waals surface area (Å²) in [4.78, 5) is 12.1. The lowest BCUT2D eigenvalue weighted by Gasteiger charge is -2.07. The first-order valence-corrected chi connectivity index (χ1v) is 10.2. The van der Waals surface area contributed by atoms with Crippen LogP contribution in [-0.4, -0.2) is 23.8 Å². The number of carbonyl (C=O) groups excluding carboxylic acids is 1. The molecule has 0 saturated heterocycles. The molecule has 0 aliphatic heterocycles. The van der Waals surface area contributed by atoms with Crippen molar-refractivity contribution in [1.29, 1.82) is 0 Å². The molecule has 0 aromatic heterocycles. The van der Waals surface area contributed by atoms with E-state index in [0.29, 0.717) is 22.4 Å². The van der Waals surface area contributed by atoms with E-state index in [1.807, 2.05) is 36.4 Å². The summed E-state index contributed by atoms with van der Waals surface area (Å²) in [7, 11) is 0. The van der Waals surface area contributed by atoms with E-state index >= 15 is 0 Å². The topological polar surface area (TPSA) is 70.9 Å². The molecule has 5 nitrogen and oxygen atoms in total. The maximum absolute atomic E-state index is 12.1. The molecule has 0 atom stereocenters.